The lowest BCUT2D eigenvalue weighted by Gasteiger charge is -2.30. The van der Waals surface area contributed by atoms with Crippen LogP contribution in [0.1, 0.15) is 80.2 Å². The molecule has 0 radical (unpaired) electrons. The lowest BCUT2D eigenvalue weighted by molar-refractivity contribution is -0.0843. The number of aliphatic hydroxyl groups is 1. The Labute approximate surface area is 820 Å². The summed E-state index contributed by atoms with van der Waals surface area (Å²) in [5.41, 5.74) is 18.3. The first kappa shape index (κ1) is 109. The summed E-state index contributed by atoms with van der Waals surface area (Å²) in [5, 5.41) is 11.8. The Morgan fingerprint density at radius 3 is 1.25 bits per heavy atom. The van der Waals surface area contributed by atoms with Crippen molar-refractivity contribution in [1.82, 2.24) is 87.2 Å². The predicted molar refractivity (Wildman–Crippen MR) is 500 cm³/mol. The highest BCUT2D eigenvalue weighted by Gasteiger charge is 2.57. The highest BCUT2D eigenvalue weighted by Crippen LogP contribution is 2.58. The number of aliphatic hydroxyl groups excluding tert-OH is 1. The van der Waals surface area contributed by atoms with Gasteiger partial charge in [0.15, 0.2) is 58.7 Å². The van der Waals surface area contributed by atoms with Gasteiger partial charge in [0.1, 0.15) is 109 Å². The molecule has 0 saturated carbocycles. The molecule has 782 valence electrons. The number of nitrogen functional groups attached to an aromatic ring is 4. The van der Waals surface area contributed by atoms with Gasteiger partial charge in [-0.1, -0.05) is 6.92 Å². The largest absolute Gasteiger partial charge is 0.472 e. The molecule has 6 saturated heterocycles. The summed E-state index contributed by atoms with van der Waals surface area (Å²) in [7, 11) is -0.441. The van der Waals surface area contributed by atoms with Crippen molar-refractivity contribution in [1.29, 1.82) is 0 Å². The van der Waals surface area contributed by atoms with Crippen LogP contribution in [-0.2, 0) is 163 Å². The van der Waals surface area contributed by atoms with E-state index in [4.69, 9.17) is 182 Å². The van der Waals surface area contributed by atoms with Crippen molar-refractivity contribution in [3.63, 3.8) is 0 Å². The van der Waals surface area contributed by atoms with E-state index in [0.29, 0.717) is 12.0 Å². The number of ether oxygens (including phenoxy) is 14. The second kappa shape index (κ2) is 46.0. The first-order valence-corrected chi connectivity index (χ1v) is 55.0. The molecule has 0 spiro atoms. The van der Waals surface area contributed by atoms with Crippen molar-refractivity contribution in [2.75, 3.05) is 137 Å². The highest BCUT2D eigenvalue weighted by atomic mass is 32.5. The van der Waals surface area contributed by atoms with E-state index < -0.39 is 242 Å². The Hall–Kier alpha value is -7.68. The zero-order valence-electron chi connectivity index (χ0n) is 76.2. The molecule has 0 aromatic carbocycles. The number of aryl methyl sites for hydroxylation is 3. The minimum absolute atomic E-state index is 0.0152. The van der Waals surface area contributed by atoms with Gasteiger partial charge in [0.25, 0.3) is 22.2 Å². The van der Waals surface area contributed by atoms with Crippen LogP contribution in [0, 0.1) is 20.8 Å². The summed E-state index contributed by atoms with van der Waals surface area (Å²) >= 11 is 22.8. The number of aromatic nitrogens is 18. The van der Waals surface area contributed by atoms with Crippen LogP contribution in [0.5, 0.6) is 0 Å². The molecule has 15 rings (SSSR count). The molecule has 27 atom stereocenters. The third-order valence-corrected chi connectivity index (χ3v) is 30.4. The molecule has 11 unspecified atom stereocenters. The van der Waals surface area contributed by atoms with E-state index in [-0.39, 0.29) is 134 Å². The lowest BCUT2D eigenvalue weighted by atomic mass is 10.1. The van der Waals surface area contributed by atoms with Crippen molar-refractivity contribution in [3.05, 3.63) is 133 Å². The van der Waals surface area contributed by atoms with E-state index in [2.05, 4.69) is 59.8 Å². The van der Waals surface area contributed by atoms with Gasteiger partial charge in [-0.25, -0.2) is 43.9 Å². The topological polar surface area (TPSA) is 779 Å². The zero-order chi connectivity index (χ0) is 102. The molecule has 69 heteroatoms. The fraction of sp³-hybridized carbons (Fsp3) is 0.630. The molecule has 6 aliphatic rings. The van der Waals surface area contributed by atoms with Crippen LogP contribution < -0.4 is 62.2 Å². The number of fused-ring (bicyclic) bond motifs is 3. The van der Waals surface area contributed by atoms with E-state index in [9.17, 15) is 63.1 Å². The standard InChI is InChI=1S/C73H103N22O38P5S4/c1-9-35-36(18-43(123-35)93-29-81-46-59(93)84-69(76)86-63(46)99)129-135(106,139)119-23-38-37(19-44(124-38)94-30-82-47-60(94)85-70(77)87-64(47)100)130-136(107,140)121-26-41-49(53(115-15-11-111-6)68(128-41)95-31-80-45-57(75)78-28-79-58(45)95)131-134(104,105)118-25-40-50(54(116-16-12-112-7)66(126-40)91-21-33(3)61(97)88-72(91)102)132-138(109,142)122-27-42-51(55(117-17-13-113-8)67(127-42)92-22-34(4)62(98)89-73(92)103)133-137(108,141)120-24-39-48(96)52(114-14-10-110-5)65(125-39)90-20-32(2)56(74)83-71(90)101/h20-22,28-31,35-44,48-55,65-68,96H,9-19,23-27H2,1-8H3,(H,104,105)(H,106,139)(H,107,140)(H,108,141)(H,109,142)(H2,74,83,101)(H2,75,78,79)(H,88,97,102)(H,89,98,103)(H3,76,84,86,99)(H3,77,85,87,100)/t35-,36?,37?,38-,39-,40-,41-,42-,43-,44-,48?,49?,50?,51?,52+,53+,54+,55+,65-,66-,67-,68-,135?,136?,137?,138?/m1/s1. The highest BCUT2D eigenvalue weighted by molar-refractivity contribution is 8.08. The van der Waals surface area contributed by atoms with Gasteiger partial charge in [0.2, 0.25) is 11.9 Å². The average Bonchev–Trinajstić information content (AvgIpc) is 1.60. The summed E-state index contributed by atoms with van der Waals surface area (Å²) in [5.74, 6) is -0.671. The molecule has 9 aromatic heterocycles. The average molecular weight is 2180 g/mol. The Bertz CT molecular complexity index is 6720. The summed E-state index contributed by atoms with van der Waals surface area (Å²) in [6.45, 7) is -19.2. The molecule has 0 bridgehead atoms. The number of H-pyrrole nitrogens is 4. The summed E-state index contributed by atoms with van der Waals surface area (Å²) < 4.78 is 168. The number of nitrogens with zero attached hydrogens (tertiary/aromatic N) is 14. The van der Waals surface area contributed by atoms with Crippen molar-refractivity contribution < 1.29 is 146 Å². The monoisotopic (exact) mass is 2180 g/mol. The van der Waals surface area contributed by atoms with Gasteiger partial charge >= 0.3 is 51.8 Å². The maximum absolute atomic E-state index is 15.4. The van der Waals surface area contributed by atoms with Gasteiger partial charge in [-0.15, -0.1) is 0 Å². The molecule has 6 fully saturated rings. The normalized spacial score (nSPS) is 29.1. The van der Waals surface area contributed by atoms with E-state index >= 15 is 4.57 Å². The van der Waals surface area contributed by atoms with Gasteiger partial charge < -0.3 is 146 Å². The summed E-state index contributed by atoms with van der Waals surface area (Å²) in [4.78, 5) is 197. The molecule has 15 heterocycles. The Morgan fingerprint density at radius 2 is 0.782 bits per heavy atom. The molecule has 60 nitrogen and oxygen atoms in total. The van der Waals surface area contributed by atoms with E-state index in [1.54, 1.807) is 13.8 Å². The first-order chi connectivity index (χ1) is 67.5. The SMILES string of the molecule is CC[C@H]1O[C@@H](n2cnc3c(=O)[nH]c(N)nc32)CC1OP(O)(=S)OC[C@H]1O[C@@H](n2cnc3c(=O)[nH]c(N)nc32)CC1OP(O)(=S)OC[C@H]1O[C@@H](n2cnc3c(N)ncnc32)[C@@H](OCCOC)C1OP(=O)(O)OC[C@H]1O[C@@H](n2cc(C)c(=O)[nH]c2=O)[C@@H](OCCOC)C1OP(O)(=S)OC[C@H]1O[C@@H](n2cc(C)c(=O)[nH]c2=O)[C@@H](OCCOC)C1OP(O)(=S)OC[C@H]1O[C@@H](n2cc(C)c(N)nc2=O)[C@@H](OCCOC)C1O. The molecule has 6 aliphatic heterocycles. The van der Waals surface area contributed by atoms with Crippen molar-refractivity contribution in [2.45, 2.75) is 182 Å². The van der Waals surface area contributed by atoms with Crippen LogP contribution in [-0.4, -0.2) is 329 Å². The number of phosphoric acid groups is 1. The molecular weight excluding hydrogens is 2080 g/mol. The molecular formula is C73H103N22O38P5S4. The van der Waals surface area contributed by atoms with Crippen molar-refractivity contribution in [2.24, 2.45) is 0 Å². The lowest BCUT2D eigenvalue weighted by Crippen LogP contribution is -2.42. The number of methoxy groups -OCH3 is 4. The summed E-state index contributed by atoms with van der Waals surface area (Å²) in [6.07, 6.45) is -24.9. The summed E-state index contributed by atoms with van der Waals surface area (Å²) in [6, 6.07) is 0. The number of hydrogen-bond acceptors (Lipinski definition) is 49. The second-order valence-corrected chi connectivity index (χ2v) is 45.2. The minimum Gasteiger partial charge on any atom is -0.387 e. The molecule has 0 amide bonds. The van der Waals surface area contributed by atoms with Gasteiger partial charge in [-0.2, -0.15) is 15.0 Å². The quantitative estimate of drug-likeness (QED) is 0.0141. The first-order valence-electron chi connectivity index (χ1n) is 43.2. The Kier molecular flexibility index (Phi) is 35.1. The number of hydrogen-bond donors (Lipinski definition) is 14. The van der Waals surface area contributed by atoms with Crippen molar-refractivity contribution >= 4 is 139 Å². The number of phosphoric ester groups is 1. The minimum atomic E-state index is -5.84. The van der Waals surface area contributed by atoms with Crippen LogP contribution >= 0.6 is 34.7 Å². The van der Waals surface area contributed by atoms with Crippen LogP contribution in [0.4, 0.5) is 23.5 Å². The van der Waals surface area contributed by atoms with Gasteiger partial charge in [-0.3, -0.25) is 84.6 Å². The van der Waals surface area contributed by atoms with Crippen LogP contribution in [0.2, 0.25) is 0 Å². The number of nitrogens with one attached hydrogen (secondary N) is 4. The van der Waals surface area contributed by atoms with Crippen LogP contribution in [0.3, 0.4) is 0 Å². The van der Waals surface area contributed by atoms with Crippen LogP contribution in [0.15, 0.2) is 77.5 Å². The molecule has 0 aliphatic carbocycles. The van der Waals surface area contributed by atoms with Gasteiger partial charge in [-0.05, 0) is 74.4 Å². The zero-order valence-corrected chi connectivity index (χ0v) is 84.0. The number of imidazole rings is 3. The smallest absolute Gasteiger partial charge is 0.387 e. The maximum atomic E-state index is 15.4. The number of rotatable bonds is 48. The Balaban J connectivity index is 0.704. The number of aromatic amines is 4. The van der Waals surface area contributed by atoms with E-state index in [1.807, 2.05) is 0 Å². The molecule has 9 aromatic rings. The van der Waals surface area contributed by atoms with E-state index in [0.717, 1.165) is 32.4 Å². The van der Waals surface area contributed by atoms with Crippen molar-refractivity contribution in [3.8, 4) is 0 Å². The molecule has 18 N–H and O–H groups in total. The molecule has 142 heavy (non-hydrogen) atoms. The van der Waals surface area contributed by atoms with Crippen LogP contribution in [0.25, 0.3) is 33.5 Å². The third kappa shape index (κ3) is 25.0. The second-order valence-electron chi connectivity index (χ2n) is 32.6. The van der Waals surface area contributed by atoms with Gasteiger partial charge in [0, 0.05) is 76.6 Å². The fourth-order valence-corrected chi connectivity index (χ4v) is 23.2. The number of nitrogens with two attached hydrogens (primary N) is 4. The predicted octanol–water partition coefficient (Wildman–Crippen LogP) is -2.26. The Morgan fingerprint density at radius 1 is 0.401 bits per heavy atom. The maximum Gasteiger partial charge on any atom is 0.472 e. The van der Waals surface area contributed by atoms with Gasteiger partial charge in [0.05, 0.1) is 123 Å². The third-order valence-electron chi connectivity index (χ3n) is 23.1. The fourth-order valence-electron chi connectivity index (χ4n) is 16.4. The van der Waals surface area contributed by atoms with E-state index in [1.165, 1.54) is 81.2 Å². The number of anilines is 4.